The van der Waals surface area contributed by atoms with Crippen molar-refractivity contribution in [2.75, 3.05) is 20.2 Å². The van der Waals surface area contributed by atoms with Crippen molar-refractivity contribution in [2.24, 2.45) is 0 Å². The van der Waals surface area contributed by atoms with Crippen LogP contribution in [0.15, 0.2) is 24.3 Å². The molecule has 1 N–H and O–H groups in total. The molecule has 2 heteroatoms. The van der Waals surface area contributed by atoms with Gasteiger partial charge in [-0.25, -0.2) is 0 Å². The third-order valence-corrected chi connectivity index (χ3v) is 3.70. The van der Waals surface area contributed by atoms with Crippen molar-refractivity contribution in [2.45, 2.75) is 31.6 Å². The quantitative estimate of drug-likeness (QED) is 0.822. The molecule has 1 saturated carbocycles. The maximum Gasteiger partial charge on any atom is 0.122 e. The van der Waals surface area contributed by atoms with Crippen molar-refractivity contribution in [3.05, 3.63) is 29.8 Å². The van der Waals surface area contributed by atoms with Crippen molar-refractivity contribution >= 4 is 0 Å². The summed E-state index contributed by atoms with van der Waals surface area (Å²) in [5.41, 5.74) is 1.70. The molecule has 0 heterocycles. The number of methoxy groups -OCH3 is 1. The lowest BCUT2D eigenvalue weighted by atomic mass is 9.64. The van der Waals surface area contributed by atoms with Crippen LogP contribution in [-0.4, -0.2) is 20.2 Å². The van der Waals surface area contributed by atoms with Crippen LogP contribution in [-0.2, 0) is 5.41 Å². The lowest BCUT2D eigenvalue weighted by molar-refractivity contribution is 0.227. The fourth-order valence-corrected chi connectivity index (χ4v) is 2.59. The molecule has 0 spiro atoms. The largest absolute Gasteiger partial charge is 0.496 e. The Balaban J connectivity index is 2.25. The van der Waals surface area contributed by atoms with E-state index in [1.807, 2.05) is 6.07 Å². The molecule has 1 aromatic carbocycles. The number of rotatable bonds is 5. The van der Waals surface area contributed by atoms with Gasteiger partial charge in [0, 0.05) is 17.5 Å². The van der Waals surface area contributed by atoms with Crippen LogP contribution in [0, 0.1) is 0 Å². The van der Waals surface area contributed by atoms with E-state index in [0.717, 1.165) is 18.8 Å². The van der Waals surface area contributed by atoms with E-state index in [9.17, 15) is 0 Å². The second-order valence-electron chi connectivity index (χ2n) is 4.61. The van der Waals surface area contributed by atoms with Crippen LogP contribution in [0.1, 0.15) is 31.7 Å². The van der Waals surface area contributed by atoms with Crippen LogP contribution in [0.3, 0.4) is 0 Å². The predicted molar refractivity (Wildman–Crippen MR) is 67.1 cm³/mol. The molecule has 0 amide bonds. The van der Waals surface area contributed by atoms with Crippen molar-refractivity contribution in [3.63, 3.8) is 0 Å². The molecular formula is C14H21NO. The summed E-state index contributed by atoms with van der Waals surface area (Å²) in [6.07, 6.45) is 3.89. The number of para-hydroxylation sites is 1. The highest BCUT2D eigenvalue weighted by molar-refractivity contribution is 5.41. The van der Waals surface area contributed by atoms with Gasteiger partial charge in [-0.2, -0.15) is 0 Å². The van der Waals surface area contributed by atoms with Crippen LogP contribution in [0.4, 0.5) is 0 Å². The van der Waals surface area contributed by atoms with E-state index in [-0.39, 0.29) is 0 Å². The van der Waals surface area contributed by atoms with Gasteiger partial charge in [0.1, 0.15) is 5.75 Å². The molecule has 1 aliphatic rings. The smallest absolute Gasteiger partial charge is 0.122 e. The molecule has 0 saturated heterocycles. The molecule has 16 heavy (non-hydrogen) atoms. The molecule has 88 valence electrons. The van der Waals surface area contributed by atoms with E-state index >= 15 is 0 Å². The molecule has 1 fully saturated rings. The van der Waals surface area contributed by atoms with Gasteiger partial charge in [0.2, 0.25) is 0 Å². The van der Waals surface area contributed by atoms with Crippen LogP contribution >= 0.6 is 0 Å². The molecule has 0 aliphatic heterocycles. The van der Waals surface area contributed by atoms with E-state index < -0.39 is 0 Å². The second kappa shape index (κ2) is 4.88. The van der Waals surface area contributed by atoms with Gasteiger partial charge in [-0.1, -0.05) is 31.5 Å². The summed E-state index contributed by atoms with van der Waals surface area (Å²) in [5.74, 6) is 1.04. The first kappa shape index (κ1) is 11.5. The molecule has 0 bridgehead atoms. The predicted octanol–water partition coefficient (Wildman–Crippen LogP) is 2.73. The van der Waals surface area contributed by atoms with Crippen LogP contribution in [0.2, 0.25) is 0 Å². The first-order valence-electron chi connectivity index (χ1n) is 6.16. The second-order valence-corrected chi connectivity index (χ2v) is 4.61. The Morgan fingerprint density at radius 3 is 2.62 bits per heavy atom. The van der Waals surface area contributed by atoms with Crippen LogP contribution in [0.25, 0.3) is 0 Å². The van der Waals surface area contributed by atoms with Gasteiger partial charge in [0.25, 0.3) is 0 Å². The molecular weight excluding hydrogens is 198 g/mol. The van der Waals surface area contributed by atoms with Gasteiger partial charge in [-0.05, 0) is 25.5 Å². The summed E-state index contributed by atoms with van der Waals surface area (Å²) in [5, 5.41) is 3.49. The highest BCUT2D eigenvalue weighted by atomic mass is 16.5. The molecule has 0 atom stereocenters. The maximum atomic E-state index is 5.48. The van der Waals surface area contributed by atoms with Crippen molar-refractivity contribution in [1.82, 2.24) is 5.32 Å². The highest BCUT2D eigenvalue weighted by Crippen LogP contribution is 2.46. The molecule has 0 radical (unpaired) electrons. The molecule has 0 unspecified atom stereocenters. The molecule has 1 aromatic rings. The summed E-state index contributed by atoms with van der Waals surface area (Å²) < 4.78 is 5.48. The zero-order valence-corrected chi connectivity index (χ0v) is 10.3. The van der Waals surface area contributed by atoms with Gasteiger partial charge in [-0.15, -0.1) is 0 Å². The number of hydrogen-bond donors (Lipinski definition) is 1. The molecule has 1 aliphatic carbocycles. The fraction of sp³-hybridized carbons (Fsp3) is 0.571. The number of hydrogen-bond acceptors (Lipinski definition) is 2. The summed E-state index contributed by atoms with van der Waals surface area (Å²) in [4.78, 5) is 0. The van der Waals surface area contributed by atoms with E-state index in [1.54, 1.807) is 7.11 Å². The average Bonchev–Trinajstić information content (AvgIpc) is 2.28. The summed E-state index contributed by atoms with van der Waals surface area (Å²) in [6.45, 7) is 4.27. The monoisotopic (exact) mass is 219 g/mol. The minimum absolute atomic E-state index is 0.322. The van der Waals surface area contributed by atoms with Crippen LogP contribution in [0.5, 0.6) is 5.75 Å². The summed E-state index contributed by atoms with van der Waals surface area (Å²) in [6, 6.07) is 8.45. The van der Waals surface area contributed by atoms with Gasteiger partial charge in [-0.3, -0.25) is 0 Å². The zero-order valence-electron chi connectivity index (χ0n) is 10.3. The lowest BCUT2D eigenvalue weighted by Crippen LogP contribution is -2.44. The molecule has 0 aromatic heterocycles. The van der Waals surface area contributed by atoms with E-state index in [4.69, 9.17) is 4.74 Å². The van der Waals surface area contributed by atoms with Crippen molar-refractivity contribution < 1.29 is 4.74 Å². The van der Waals surface area contributed by atoms with Crippen molar-refractivity contribution in [3.8, 4) is 5.75 Å². The Morgan fingerprint density at radius 1 is 1.31 bits per heavy atom. The van der Waals surface area contributed by atoms with Gasteiger partial charge in [0.05, 0.1) is 7.11 Å². The minimum atomic E-state index is 0.322. The Bertz CT molecular complexity index is 344. The Hall–Kier alpha value is -1.02. The minimum Gasteiger partial charge on any atom is -0.496 e. The standard InChI is InChI=1S/C14H21NO/c1-3-15-11-14(9-6-10-14)12-7-4-5-8-13(12)16-2/h4-5,7-8,15H,3,6,9-11H2,1-2H3. The zero-order chi connectivity index (χ0) is 11.4. The lowest BCUT2D eigenvalue weighted by Gasteiger charge is -2.43. The number of nitrogens with one attached hydrogen (secondary N) is 1. The number of benzene rings is 1. The fourth-order valence-electron chi connectivity index (χ4n) is 2.59. The van der Waals surface area contributed by atoms with E-state index in [1.165, 1.54) is 24.8 Å². The molecule has 2 rings (SSSR count). The Morgan fingerprint density at radius 2 is 2.06 bits per heavy atom. The summed E-state index contributed by atoms with van der Waals surface area (Å²) >= 11 is 0. The topological polar surface area (TPSA) is 21.3 Å². The third kappa shape index (κ3) is 1.94. The first-order chi connectivity index (χ1) is 7.82. The third-order valence-electron chi connectivity index (χ3n) is 3.70. The first-order valence-corrected chi connectivity index (χ1v) is 6.16. The SMILES string of the molecule is CCNCC1(c2ccccc2OC)CCC1. The van der Waals surface area contributed by atoms with E-state index in [0.29, 0.717) is 5.41 Å². The van der Waals surface area contributed by atoms with E-state index in [2.05, 4.69) is 30.4 Å². The number of ether oxygens (including phenoxy) is 1. The average molecular weight is 219 g/mol. The van der Waals surface area contributed by atoms with Crippen molar-refractivity contribution in [1.29, 1.82) is 0 Å². The molecule has 2 nitrogen and oxygen atoms in total. The van der Waals surface area contributed by atoms with Crippen LogP contribution < -0.4 is 10.1 Å². The summed E-state index contributed by atoms with van der Waals surface area (Å²) in [7, 11) is 1.76. The Labute approximate surface area is 98.0 Å². The maximum absolute atomic E-state index is 5.48. The Kier molecular flexibility index (Phi) is 3.49. The number of likely N-dealkylation sites (N-methyl/N-ethyl adjacent to an activating group) is 1. The van der Waals surface area contributed by atoms with Gasteiger partial charge in [0.15, 0.2) is 0 Å². The normalized spacial score (nSPS) is 17.9. The highest BCUT2D eigenvalue weighted by Gasteiger charge is 2.39. The van der Waals surface area contributed by atoms with Gasteiger partial charge >= 0.3 is 0 Å². The van der Waals surface area contributed by atoms with Gasteiger partial charge < -0.3 is 10.1 Å².